The Morgan fingerprint density at radius 3 is 2.65 bits per heavy atom. The van der Waals surface area contributed by atoms with E-state index < -0.39 is 9.84 Å². The van der Waals surface area contributed by atoms with E-state index in [2.05, 4.69) is 5.10 Å². The molecule has 0 saturated carbocycles. The van der Waals surface area contributed by atoms with Crippen molar-refractivity contribution in [2.45, 2.75) is 12.5 Å². The lowest BCUT2D eigenvalue weighted by atomic mass is 9.97. The lowest BCUT2D eigenvalue weighted by Crippen LogP contribution is -2.25. The molecular formula is C14H17N3O2S. The molecule has 0 bridgehead atoms. The van der Waals surface area contributed by atoms with Crippen LogP contribution in [0.1, 0.15) is 18.2 Å². The summed E-state index contributed by atoms with van der Waals surface area (Å²) in [5, 5.41) is 4.30. The third kappa shape index (κ3) is 2.48. The Hall–Kier alpha value is -1.66. The third-order valence-electron chi connectivity index (χ3n) is 3.79. The molecule has 2 unspecified atom stereocenters. The van der Waals surface area contributed by atoms with Crippen LogP contribution >= 0.6 is 0 Å². The molecule has 1 aromatic heterocycles. The van der Waals surface area contributed by atoms with Crippen molar-refractivity contribution in [1.82, 2.24) is 9.78 Å². The minimum atomic E-state index is -2.92. The van der Waals surface area contributed by atoms with Crippen molar-refractivity contribution in [2.75, 3.05) is 11.5 Å². The van der Waals surface area contributed by atoms with Crippen molar-refractivity contribution in [2.24, 2.45) is 11.7 Å². The van der Waals surface area contributed by atoms with E-state index in [0.29, 0.717) is 6.42 Å². The topological polar surface area (TPSA) is 78.0 Å². The summed E-state index contributed by atoms with van der Waals surface area (Å²) in [7, 11) is -2.92. The van der Waals surface area contributed by atoms with Gasteiger partial charge in [-0.1, -0.05) is 18.2 Å². The molecule has 106 valence electrons. The summed E-state index contributed by atoms with van der Waals surface area (Å²) in [4.78, 5) is 0. The molecule has 1 aliphatic rings. The first kappa shape index (κ1) is 13.3. The Kier molecular flexibility index (Phi) is 3.35. The highest BCUT2D eigenvalue weighted by Crippen LogP contribution is 2.30. The van der Waals surface area contributed by atoms with Gasteiger partial charge in [0.25, 0.3) is 0 Å². The second kappa shape index (κ2) is 5.03. The lowest BCUT2D eigenvalue weighted by molar-refractivity contribution is 0.461. The van der Waals surface area contributed by atoms with Crippen molar-refractivity contribution < 1.29 is 8.42 Å². The van der Waals surface area contributed by atoms with E-state index in [1.54, 1.807) is 10.9 Å². The van der Waals surface area contributed by atoms with E-state index in [0.717, 1.165) is 11.4 Å². The average Bonchev–Trinajstić information content (AvgIpc) is 3.05. The molecule has 0 spiro atoms. The maximum Gasteiger partial charge on any atom is 0.150 e. The number of sulfone groups is 1. The van der Waals surface area contributed by atoms with E-state index in [4.69, 9.17) is 5.73 Å². The van der Waals surface area contributed by atoms with Gasteiger partial charge in [0.2, 0.25) is 0 Å². The van der Waals surface area contributed by atoms with Crippen LogP contribution in [0.4, 0.5) is 0 Å². The van der Waals surface area contributed by atoms with Gasteiger partial charge in [-0.3, -0.25) is 0 Å². The first-order valence-electron chi connectivity index (χ1n) is 6.62. The molecule has 5 nitrogen and oxygen atoms in total. The predicted octanol–water partition coefficient (Wildman–Crippen LogP) is 1.31. The van der Waals surface area contributed by atoms with Crippen molar-refractivity contribution >= 4 is 9.84 Å². The molecule has 2 N–H and O–H groups in total. The third-order valence-corrected chi connectivity index (χ3v) is 5.58. The van der Waals surface area contributed by atoms with Gasteiger partial charge in [0.1, 0.15) is 0 Å². The fourth-order valence-electron chi connectivity index (χ4n) is 2.70. The monoisotopic (exact) mass is 291 g/mol. The van der Waals surface area contributed by atoms with Crippen LogP contribution in [-0.4, -0.2) is 29.7 Å². The minimum absolute atomic E-state index is 0.0286. The number of benzene rings is 1. The van der Waals surface area contributed by atoms with Crippen LogP contribution in [0.25, 0.3) is 5.69 Å². The summed E-state index contributed by atoms with van der Waals surface area (Å²) in [6.45, 7) is 0. The number of hydrogen-bond acceptors (Lipinski definition) is 4. The number of aromatic nitrogens is 2. The zero-order valence-electron chi connectivity index (χ0n) is 11.0. The molecule has 1 fully saturated rings. The highest BCUT2D eigenvalue weighted by molar-refractivity contribution is 7.91. The normalized spacial score (nSPS) is 22.8. The molecule has 1 saturated heterocycles. The molecule has 20 heavy (non-hydrogen) atoms. The molecule has 0 amide bonds. The Labute approximate surface area is 118 Å². The number of rotatable bonds is 3. The minimum Gasteiger partial charge on any atom is -0.322 e. The van der Waals surface area contributed by atoms with Gasteiger partial charge in [0.05, 0.1) is 28.9 Å². The fraction of sp³-hybridized carbons (Fsp3) is 0.357. The molecular weight excluding hydrogens is 274 g/mol. The quantitative estimate of drug-likeness (QED) is 0.924. The summed E-state index contributed by atoms with van der Waals surface area (Å²) in [6.07, 6.45) is 2.33. The molecule has 6 heteroatoms. The molecule has 0 radical (unpaired) electrons. The molecule has 2 heterocycles. The number of hydrogen-bond donors (Lipinski definition) is 1. The van der Waals surface area contributed by atoms with Crippen LogP contribution in [0.5, 0.6) is 0 Å². The van der Waals surface area contributed by atoms with Crippen LogP contribution in [0.15, 0.2) is 42.6 Å². The van der Waals surface area contributed by atoms with Crippen LogP contribution in [0.2, 0.25) is 0 Å². The molecule has 2 aromatic rings. The van der Waals surface area contributed by atoms with Gasteiger partial charge in [-0.2, -0.15) is 5.10 Å². The van der Waals surface area contributed by atoms with Crippen molar-refractivity contribution in [3.05, 3.63) is 48.3 Å². The van der Waals surface area contributed by atoms with E-state index >= 15 is 0 Å². The fourth-order valence-corrected chi connectivity index (χ4v) is 4.55. The summed E-state index contributed by atoms with van der Waals surface area (Å²) >= 11 is 0. The Morgan fingerprint density at radius 1 is 1.25 bits per heavy atom. The first-order valence-corrected chi connectivity index (χ1v) is 8.44. The Morgan fingerprint density at radius 2 is 2.00 bits per heavy atom. The molecule has 3 rings (SSSR count). The zero-order chi connectivity index (χ0) is 14.2. The lowest BCUT2D eigenvalue weighted by Gasteiger charge is -2.19. The van der Waals surface area contributed by atoms with Crippen LogP contribution in [-0.2, 0) is 9.84 Å². The molecule has 1 aromatic carbocycles. The number of para-hydroxylation sites is 1. The van der Waals surface area contributed by atoms with Gasteiger partial charge >= 0.3 is 0 Å². The SMILES string of the molecule is NC(c1ccnn1-c1ccccc1)C1CCS(=O)(=O)C1. The van der Waals surface area contributed by atoms with E-state index in [-0.39, 0.29) is 23.5 Å². The molecule has 0 aliphatic carbocycles. The smallest absolute Gasteiger partial charge is 0.150 e. The Balaban J connectivity index is 1.90. The van der Waals surface area contributed by atoms with Crippen LogP contribution < -0.4 is 5.73 Å². The summed E-state index contributed by atoms with van der Waals surface area (Å²) in [6, 6.07) is 11.3. The van der Waals surface area contributed by atoms with Gasteiger partial charge in [-0.25, -0.2) is 13.1 Å². The standard InChI is InChI=1S/C14H17N3O2S/c15-14(11-7-9-20(18,19)10-11)13-6-8-16-17(13)12-4-2-1-3-5-12/h1-6,8,11,14H,7,9-10,15H2. The maximum absolute atomic E-state index is 11.6. The number of nitrogens with zero attached hydrogens (tertiary/aromatic N) is 2. The van der Waals surface area contributed by atoms with Crippen molar-refractivity contribution in [3.8, 4) is 5.69 Å². The van der Waals surface area contributed by atoms with E-state index in [1.807, 2.05) is 36.4 Å². The van der Waals surface area contributed by atoms with Gasteiger partial charge in [0.15, 0.2) is 9.84 Å². The van der Waals surface area contributed by atoms with Gasteiger partial charge in [0, 0.05) is 6.20 Å². The highest BCUT2D eigenvalue weighted by Gasteiger charge is 2.34. The highest BCUT2D eigenvalue weighted by atomic mass is 32.2. The summed E-state index contributed by atoms with van der Waals surface area (Å²) in [5.74, 6) is 0.387. The Bertz CT molecular complexity index is 694. The predicted molar refractivity (Wildman–Crippen MR) is 77.3 cm³/mol. The van der Waals surface area contributed by atoms with E-state index in [9.17, 15) is 8.42 Å². The zero-order valence-corrected chi connectivity index (χ0v) is 11.8. The molecule has 1 aliphatic heterocycles. The van der Waals surface area contributed by atoms with Gasteiger partial charge < -0.3 is 5.73 Å². The number of nitrogens with two attached hydrogens (primary N) is 1. The second-order valence-electron chi connectivity index (χ2n) is 5.19. The van der Waals surface area contributed by atoms with Crippen LogP contribution in [0.3, 0.4) is 0 Å². The largest absolute Gasteiger partial charge is 0.322 e. The summed E-state index contributed by atoms with van der Waals surface area (Å²) < 4.78 is 25.0. The van der Waals surface area contributed by atoms with Crippen LogP contribution in [0, 0.1) is 5.92 Å². The van der Waals surface area contributed by atoms with Crippen molar-refractivity contribution in [1.29, 1.82) is 0 Å². The van der Waals surface area contributed by atoms with Gasteiger partial charge in [-0.05, 0) is 30.5 Å². The maximum atomic E-state index is 11.6. The molecule has 2 atom stereocenters. The average molecular weight is 291 g/mol. The summed E-state index contributed by atoms with van der Waals surface area (Å²) in [5.41, 5.74) is 8.07. The van der Waals surface area contributed by atoms with E-state index in [1.165, 1.54) is 0 Å². The van der Waals surface area contributed by atoms with Gasteiger partial charge in [-0.15, -0.1) is 0 Å². The van der Waals surface area contributed by atoms with Crippen molar-refractivity contribution in [3.63, 3.8) is 0 Å². The second-order valence-corrected chi connectivity index (χ2v) is 7.42. The first-order chi connectivity index (χ1) is 9.57.